The first-order valence-corrected chi connectivity index (χ1v) is 12.3. The fourth-order valence-electron chi connectivity index (χ4n) is 5.55. The molecule has 2 fully saturated rings. The maximum absolute atomic E-state index is 10.8. The molecule has 1 aliphatic heterocycles. The van der Waals surface area contributed by atoms with E-state index in [1.165, 1.54) is 23.3 Å². The van der Waals surface area contributed by atoms with Gasteiger partial charge in [0.2, 0.25) is 5.88 Å². The maximum atomic E-state index is 10.8. The van der Waals surface area contributed by atoms with E-state index in [0.29, 0.717) is 12.0 Å². The van der Waals surface area contributed by atoms with Crippen LogP contribution < -0.4 is 4.74 Å². The number of nitrogens with zero attached hydrogens (tertiary/aromatic N) is 3. The molecule has 1 unspecified atom stereocenters. The Balaban J connectivity index is 1.36. The van der Waals surface area contributed by atoms with Crippen LogP contribution in [0.3, 0.4) is 0 Å². The summed E-state index contributed by atoms with van der Waals surface area (Å²) in [5.41, 5.74) is 1.34. The fourth-order valence-corrected chi connectivity index (χ4v) is 6.78. The molecule has 164 valence electrons. The van der Waals surface area contributed by atoms with E-state index >= 15 is 0 Å². The summed E-state index contributed by atoms with van der Waals surface area (Å²) in [6, 6.07) is 0.657. The Labute approximate surface area is 182 Å². The zero-order chi connectivity index (χ0) is 20.7. The van der Waals surface area contributed by atoms with Crippen LogP contribution in [-0.4, -0.2) is 65.0 Å². The van der Waals surface area contributed by atoms with Crippen LogP contribution in [0.2, 0.25) is 0 Å². The average Bonchev–Trinajstić information content (AvgIpc) is 3.46. The molecule has 3 aliphatic rings. The molecule has 30 heavy (non-hydrogen) atoms. The SMILES string of the molecule is CN(C)C1CCC(Oc2ncnc3sc4c(c23)[C@@H](C[C@H](O)C2CCCO2)CC4)CC1. The number of ether oxygens (including phenoxy) is 2. The first kappa shape index (κ1) is 20.6. The van der Waals surface area contributed by atoms with Crippen LogP contribution in [0.4, 0.5) is 0 Å². The number of hydrogen-bond donors (Lipinski definition) is 1. The van der Waals surface area contributed by atoms with Crippen molar-refractivity contribution in [2.75, 3.05) is 20.7 Å². The molecule has 1 saturated heterocycles. The van der Waals surface area contributed by atoms with E-state index in [-0.39, 0.29) is 12.2 Å². The van der Waals surface area contributed by atoms with E-state index in [0.717, 1.165) is 67.6 Å². The van der Waals surface area contributed by atoms with Crippen molar-refractivity contribution in [3.05, 3.63) is 16.8 Å². The lowest BCUT2D eigenvalue weighted by Crippen LogP contribution is -2.35. The number of aryl methyl sites for hydroxylation is 1. The quantitative estimate of drug-likeness (QED) is 0.748. The third-order valence-electron chi connectivity index (χ3n) is 7.27. The Bertz CT molecular complexity index is 872. The first-order chi connectivity index (χ1) is 14.6. The number of aromatic nitrogens is 2. The zero-order valence-corrected chi connectivity index (χ0v) is 18.9. The lowest BCUT2D eigenvalue weighted by Gasteiger charge is -2.32. The summed E-state index contributed by atoms with van der Waals surface area (Å²) in [5, 5.41) is 11.9. The van der Waals surface area contributed by atoms with Crippen LogP contribution in [0.1, 0.15) is 67.7 Å². The molecule has 1 N–H and O–H groups in total. The van der Waals surface area contributed by atoms with Crippen LogP contribution in [0.25, 0.3) is 10.2 Å². The van der Waals surface area contributed by atoms with Gasteiger partial charge >= 0.3 is 0 Å². The van der Waals surface area contributed by atoms with Crippen molar-refractivity contribution in [2.45, 2.75) is 88.1 Å². The normalized spacial score (nSPS) is 30.1. The van der Waals surface area contributed by atoms with Crippen LogP contribution in [0, 0.1) is 0 Å². The van der Waals surface area contributed by atoms with E-state index < -0.39 is 6.10 Å². The zero-order valence-electron chi connectivity index (χ0n) is 18.0. The standard InChI is InChI=1S/C23H33N3O3S/c1-26(2)15-6-8-16(9-7-15)29-22-21-20-14(12-17(27)18-4-3-11-28-18)5-10-19(20)30-23(21)25-13-24-22/h13-18,27H,3-12H2,1-2H3/t14-,15?,16?,17+,18?/m1/s1. The highest BCUT2D eigenvalue weighted by molar-refractivity contribution is 7.19. The lowest BCUT2D eigenvalue weighted by atomic mass is 9.91. The van der Waals surface area contributed by atoms with Crippen molar-refractivity contribution in [3.8, 4) is 5.88 Å². The van der Waals surface area contributed by atoms with Gasteiger partial charge in [-0.25, -0.2) is 9.97 Å². The molecule has 1 saturated carbocycles. The van der Waals surface area contributed by atoms with Gasteiger partial charge in [0, 0.05) is 17.5 Å². The van der Waals surface area contributed by atoms with E-state index in [1.54, 1.807) is 17.7 Å². The largest absolute Gasteiger partial charge is 0.474 e. The Kier molecular flexibility index (Phi) is 5.97. The second-order valence-corrected chi connectivity index (χ2v) is 10.5. The van der Waals surface area contributed by atoms with E-state index in [2.05, 4.69) is 29.0 Å². The predicted molar refractivity (Wildman–Crippen MR) is 118 cm³/mol. The number of hydrogen-bond acceptors (Lipinski definition) is 7. The van der Waals surface area contributed by atoms with Crippen molar-refractivity contribution in [2.24, 2.45) is 0 Å². The molecule has 0 aromatic carbocycles. The van der Waals surface area contributed by atoms with Crippen molar-refractivity contribution < 1.29 is 14.6 Å². The van der Waals surface area contributed by atoms with Gasteiger partial charge in [-0.3, -0.25) is 0 Å². The molecule has 7 heteroatoms. The van der Waals surface area contributed by atoms with E-state index in [1.807, 2.05) is 0 Å². The van der Waals surface area contributed by atoms with Gasteiger partial charge < -0.3 is 19.5 Å². The van der Waals surface area contributed by atoms with Gasteiger partial charge in [0.15, 0.2) is 0 Å². The van der Waals surface area contributed by atoms with Gasteiger partial charge in [-0.1, -0.05) is 0 Å². The number of rotatable bonds is 6. The monoisotopic (exact) mass is 431 g/mol. The summed E-state index contributed by atoms with van der Waals surface area (Å²) in [6.07, 6.45) is 10.9. The minimum absolute atomic E-state index is 0.00204. The summed E-state index contributed by atoms with van der Waals surface area (Å²) < 4.78 is 12.2. The summed E-state index contributed by atoms with van der Waals surface area (Å²) in [4.78, 5) is 13.9. The Morgan fingerprint density at radius 2 is 2.03 bits per heavy atom. The number of aliphatic hydroxyl groups excluding tert-OH is 1. The Morgan fingerprint density at radius 3 is 2.77 bits per heavy atom. The topological polar surface area (TPSA) is 67.7 Å². The van der Waals surface area contributed by atoms with Crippen LogP contribution in [-0.2, 0) is 11.2 Å². The molecule has 2 aliphatic carbocycles. The highest BCUT2D eigenvalue weighted by atomic mass is 32.1. The Morgan fingerprint density at radius 1 is 1.20 bits per heavy atom. The first-order valence-electron chi connectivity index (χ1n) is 11.5. The van der Waals surface area contributed by atoms with Gasteiger partial charge in [-0.2, -0.15) is 0 Å². The summed E-state index contributed by atoms with van der Waals surface area (Å²) in [6.45, 7) is 0.779. The molecule has 0 spiro atoms. The number of aliphatic hydroxyl groups is 1. The van der Waals surface area contributed by atoms with Gasteiger partial charge in [0.1, 0.15) is 17.3 Å². The average molecular weight is 432 g/mol. The number of fused-ring (bicyclic) bond motifs is 3. The summed E-state index contributed by atoms with van der Waals surface area (Å²) in [5.74, 6) is 1.09. The predicted octanol–water partition coefficient (Wildman–Crippen LogP) is 3.90. The highest BCUT2D eigenvalue weighted by Gasteiger charge is 2.35. The molecule has 2 aromatic rings. The molecule has 0 radical (unpaired) electrons. The van der Waals surface area contributed by atoms with Crippen molar-refractivity contribution >= 4 is 21.6 Å². The van der Waals surface area contributed by atoms with Gasteiger partial charge in [0.05, 0.1) is 17.6 Å². The van der Waals surface area contributed by atoms with E-state index in [9.17, 15) is 5.11 Å². The molecule has 3 heterocycles. The molecule has 3 atom stereocenters. The molecule has 2 aromatic heterocycles. The van der Waals surface area contributed by atoms with Crippen molar-refractivity contribution in [3.63, 3.8) is 0 Å². The molecule has 0 amide bonds. The molecule has 0 bridgehead atoms. The molecule has 5 rings (SSSR count). The fraction of sp³-hybridized carbons (Fsp3) is 0.739. The van der Waals surface area contributed by atoms with E-state index in [4.69, 9.17) is 9.47 Å². The second kappa shape index (κ2) is 8.69. The molecular formula is C23H33N3O3S. The lowest BCUT2D eigenvalue weighted by molar-refractivity contribution is -0.00850. The smallest absolute Gasteiger partial charge is 0.225 e. The number of thiophene rings is 1. The summed E-state index contributed by atoms with van der Waals surface area (Å²) >= 11 is 1.78. The van der Waals surface area contributed by atoms with Gasteiger partial charge in [-0.15, -0.1) is 11.3 Å². The molecule has 6 nitrogen and oxygen atoms in total. The molecular weight excluding hydrogens is 398 g/mol. The van der Waals surface area contributed by atoms with Gasteiger partial charge in [-0.05, 0) is 83.4 Å². The highest BCUT2D eigenvalue weighted by Crippen LogP contribution is 2.48. The van der Waals surface area contributed by atoms with Crippen molar-refractivity contribution in [1.82, 2.24) is 14.9 Å². The Hall–Kier alpha value is -1.28. The third-order valence-corrected chi connectivity index (χ3v) is 8.44. The maximum Gasteiger partial charge on any atom is 0.225 e. The minimum Gasteiger partial charge on any atom is -0.474 e. The third kappa shape index (κ3) is 3.97. The van der Waals surface area contributed by atoms with Crippen LogP contribution >= 0.6 is 11.3 Å². The minimum atomic E-state index is -0.395. The van der Waals surface area contributed by atoms with Crippen LogP contribution in [0.15, 0.2) is 6.33 Å². The van der Waals surface area contributed by atoms with Crippen LogP contribution in [0.5, 0.6) is 5.88 Å². The van der Waals surface area contributed by atoms with Crippen molar-refractivity contribution in [1.29, 1.82) is 0 Å². The summed E-state index contributed by atoms with van der Waals surface area (Å²) in [7, 11) is 4.33. The second-order valence-electron chi connectivity index (χ2n) is 9.40. The van der Waals surface area contributed by atoms with Gasteiger partial charge in [0.25, 0.3) is 0 Å².